The number of hydrogen-bond donors (Lipinski definition) is 1. The lowest BCUT2D eigenvalue weighted by atomic mass is 10.2. The molecule has 0 atom stereocenters. The van der Waals surface area contributed by atoms with Gasteiger partial charge in [0.15, 0.2) is 0 Å². The van der Waals surface area contributed by atoms with Gasteiger partial charge in [-0.25, -0.2) is 5.90 Å². The molecule has 2 N–H and O–H groups in total. The van der Waals surface area contributed by atoms with Gasteiger partial charge in [0.1, 0.15) is 6.61 Å². The van der Waals surface area contributed by atoms with Gasteiger partial charge in [0.2, 0.25) is 0 Å². The highest BCUT2D eigenvalue weighted by molar-refractivity contribution is 6.01. The fourth-order valence-corrected chi connectivity index (χ4v) is 1.73. The number of nitrogens with zero attached hydrogens (tertiary/aromatic N) is 1. The lowest BCUT2D eigenvalue weighted by Gasteiger charge is -2.22. The van der Waals surface area contributed by atoms with E-state index in [1.54, 1.807) is 4.90 Å². The summed E-state index contributed by atoms with van der Waals surface area (Å²) in [7, 11) is 0. The summed E-state index contributed by atoms with van der Waals surface area (Å²) in [6, 6.07) is 18.8. The van der Waals surface area contributed by atoms with Crippen LogP contribution in [0.15, 0.2) is 60.7 Å². The van der Waals surface area contributed by atoms with Crippen LogP contribution < -0.4 is 10.8 Å². The van der Waals surface area contributed by atoms with E-state index in [1.165, 1.54) is 0 Å². The van der Waals surface area contributed by atoms with Crippen LogP contribution in [0, 0.1) is 0 Å². The number of benzene rings is 2. The number of hydrogen-bond acceptors (Lipinski definition) is 3. The van der Waals surface area contributed by atoms with Gasteiger partial charge in [-0.2, -0.15) is 0 Å². The molecule has 0 aromatic heterocycles. The summed E-state index contributed by atoms with van der Waals surface area (Å²) >= 11 is 0. The Morgan fingerprint density at radius 1 is 0.944 bits per heavy atom. The number of amides is 1. The van der Waals surface area contributed by atoms with E-state index in [0.717, 1.165) is 11.4 Å². The number of rotatable bonds is 4. The van der Waals surface area contributed by atoms with Crippen molar-refractivity contribution < 1.29 is 9.63 Å². The molecule has 0 fully saturated rings. The monoisotopic (exact) mass is 242 g/mol. The molecule has 4 heteroatoms. The van der Waals surface area contributed by atoms with E-state index in [9.17, 15) is 4.79 Å². The Morgan fingerprint density at radius 3 is 1.78 bits per heavy atom. The Morgan fingerprint density at radius 2 is 1.39 bits per heavy atom. The third-order valence-corrected chi connectivity index (χ3v) is 2.48. The third-order valence-electron chi connectivity index (χ3n) is 2.48. The van der Waals surface area contributed by atoms with E-state index in [1.807, 2.05) is 60.7 Å². The van der Waals surface area contributed by atoms with Crippen LogP contribution in [0.5, 0.6) is 0 Å². The quantitative estimate of drug-likeness (QED) is 0.836. The van der Waals surface area contributed by atoms with Crippen LogP contribution in [0.4, 0.5) is 11.4 Å². The second-order valence-electron chi connectivity index (χ2n) is 3.71. The Kier molecular flexibility index (Phi) is 4.06. The minimum Gasteiger partial charge on any atom is -0.295 e. The van der Waals surface area contributed by atoms with Crippen molar-refractivity contribution in [2.24, 2.45) is 5.90 Å². The summed E-state index contributed by atoms with van der Waals surface area (Å²) in [5.74, 6) is 4.76. The van der Waals surface area contributed by atoms with Gasteiger partial charge in [-0.1, -0.05) is 36.4 Å². The molecule has 0 aliphatic carbocycles. The maximum absolute atomic E-state index is 12.1. The molecule has 0 spiro atoms. The highest BCUT2D eigenvalue weighted by Gasteiger charge is 2.17. The predicted molar refractivity (Wildman–Crippen MR) is 70.2 cm³/mol. The van der Waals surface area contributed by atoms with Crippen molar-refractivity contribution in [1.82, 2.24) is 0 Å². The molecule has 4 nitrogen and oxygen atoms in total. The number of carbonyl (C=O) groups is 1. The number of para-hydroxylation sites is 2. The van der Waals surface area contributed by atoms with Gasteiger partial charge in [0.05, 0.1) is 0 Å². The number of carbonyl (C=O) groups excluding carboxylic acids is 1. The fraction of sp³-hybridized carbons (Fsp3) is 0.0714. The Balaban J connectivity index is 2.38. The number of nitrogens with two attached hydrogens (primary N) is 1. The average molecular weight is 242 g/mol. The molecule has 92 valence electrons. The average Bonchev–Trinajstić information content (AvgIpc) is 2.42. The molecule has 0 radical (unpaired) electrons. The molecule has 0 aliphatic rings. The fourth-order valence-electron chi connectivity index (χ4n) is 1.73. The largest absolute Gasteiger partial charge is 0.295 e. The Bertz CT molecular complexity index is 460. The highest BCUT2D eigenvalue weighted by atomic mass is 16.6. The highest BCUT2D eigenvalue weighted by Crippen LogP contribution is 2.24. The predicted octanol–water partition coefficient (Wildman–Crippen LogP) is 2.24. The SMILES string of the molecule is NOCC(=O)N(c1ccccc1)c1ccccc1. The van der Waals surface area contributed by atoms with Crippen molar-refractivity contribution in [3.63, 3.8) is 0 Å². The first-order chi connectivity index (χ1) is 8.83. The molecule has 18 heavy (non-hydrogen) atoms. The molecular weight excluding hydrogens is 228 g/mol. The van der Waals surface area contributed by atoms with Crippen molar-refractivity contribution in [2.75, 3.05) is 11.5 Å². The van der Waals surface area contributed by atoms with E-state index in [-0.39, 0.29) is 12.5 Å². The molecule has 0 unspecified atom stereocenters. The van der Waals surface area contributed by atoms with Crippen LogP contribution in [0.1, 0.15) is 0 Å². The standard InChI is InChI=1S/C14H14N2O2/c15-18-11-14(17)16(12-7-3-1-4-8-12)13-9-5-2-6-10-13/h1-10H,11,15H2. The van der Waals surface area contributed by atoms with Crippen molar-refractivity contribution in [3.8, 4) is 0 Å². The zero-order chi connectivity index (χ0) is 12.8. The first-order valence-electron chi connectivity index (χ1n) is 5.57. The van der Waals surface area contributed by atoms with Crippen molar-refractivity contribution in [1.29, 1.82) is 0 Å². The minimum atomic E-state index is -0.213. The van der Waals surface area contributed by atoms with Gasteiger partial charge in [-0.15, -0.1) is 0 Å². The van der Waals surface area contributed by atoms with E-state index in [0.29, 0.717) is 0 Å². The molecule has 2 aromatic carbocycles. The minimum absolute atomic E-state index is 0.163. The summed E-state index contributed by atoms with van der Waals surface area (Å²) in [5.41, 5.74) is 1.57. The second-order valence-corrected chi connectivity index (χ2v) is 3.71. The van der Waals surface area contributed by atoms with Gasteiger partial charge in [-0.3, -0.25) is 14.5 Å². The molecule has 2 rings (SSSR count). The molecule has 0 saturated heterocycles. The maximum atomic E-state index is 12.1. The van der Waals surface area contributed by atoms with E-state index in [2.05, 4.69) is 4.84 Å². The first-order valence-corrected chi connectivity index (χ1v) is 5.57. The molecular formula is C14H14N2O2. The smallest absolute Gasteiger partial charge is 0.259 e. The molecule has 0 bridgehead atoms. The molecule has 0 aliphatic heterocycles. The maximum Gasteiger partial charge on any atom is 0.259 e. The molecule has 1 amide bonds. The van der Waals surface area contributed by atoms with Crippen LogP contribution >= 0.6 is 0 Å². The number of anilines is 2. The van der Waals surface area contributed by atoms with E-state index < -0.39 is 0 Å². The molecule has 0 saturated carbocycles. The lowest BCUT2D eigenvalue weighted by Crippen LogP contribution is -2.30. The van der Waals surface area contributed by atoms with Crippen molar-refractivity contribution in [2.45, 2.75) is 0 Å². The van der Waals surface area contributed by atoms with E-state index in [4.69, 9.17) is 5.90 Å². The normalized spacial score (nSPS) is 10.1. The second kappa shape index (κ2) is 5.95. The van der Waals surface area contributed by atoms with Crippen LogP contribution in [0.3, 0.4) is 0 Å². The third kappa shape index (κ3) is 2.74. The summed E-state index contributed by atoms with van der Waals surface area (Å²) in [5, 5.41) is 0. The Labute approximate surface area is 106 Å². The van der Waals surface area contributed by atoms with Crippen molar-refractivity contribution in [3.05, 3.63) is 60.7 Å². The summed E-state index contributed by atoms with van der Waals surface area (Å²) in [6.07, 6.45) is 0. The summed E-state index contributed by atoms with van der Waals surface area (Å²) in [4.78, 5) is 18.1. The topological polar surface area (TPSA) is 55.6 Å². The van der Waals surface area contributed by atoms with Gasteiger partial charge in [-0.05, 0) is 24.3 Å². The molecule has 2 aromatic rings. The van der Waals surface area contributed by atoms with Crippen LogP contribution in [-0.2, 0) is 9.63 Å². The Hall–Kier alpha value is -2.17. The summed E-state index contributed by atoms with van der Waals surface area (Å²) in [6.45, 7) is -0.163. The van der Waals surface area contributed by atoms with Crippen LogP contribution in [-0.4, -0.2) is 12.5 Å². The first kappa shape index (κ1) is 12.3. The van der Waals surface area contributed by atoms with Gasteiger partial charge in [0.25, 0.3) is 5.91 Å². The lowest BCUT2D eigenvalue weighted by molar-refractivity contribution is -0.122. The van der Waals surface area contributed by atoms with Gasteiger partial charge < -0.3 is 0 Å². The van der Waals surface area contributed by atoms with Gasteiger partial charge in [0, 0.05) is 11.4 Å². The van der Waals surface area contributed by atoms with E-state index >= 15 is 0 Å². The van der Waals surface area contributed by atoms with Crippen LogP contribution in [0.25, 0.3) is 0 Å². The van der Waals surface area contributed by atoms with Crippen LogP contribution in [0.2, 0.25) is 0 Å². The zero-order valence-electron chi connectivity index (χ0n) is 9.82. The molecule has 0 heterocycles. The summed E-state index contributed by atoms with van der Waals surface area (Å²) < 4.78 is 0. The van der Waals surface area contributed by atoms with Gasteiger partial charge >= 0.3 is 0 Å². The van der Waals surface area contributed by atoms with Crippen molar-refractivity contribution >= 4 is 17.3 Å². The zero-order valence-corrected chi connectivity index (χ0v) is 9.82.